The van der Waals surface area contributed by atoms with Gasteiger partial charge in [0.1, 0.15) is 11.4 Å². The molecule has 0 saturated carbocycles. The number of rotatable bonds is 3. The average Bonchev–Trinajstić information content (AvgIpc) is 3.03. The number of carbonyl (C=O) groups is 1. The average molecular weight is 354 g/mol. The quantitative estimate of drug-likeness (QED) is 0.877. The van der Waals surface area contributed by atoms with Crippen molar-refractivity contribution in [1.82, 2.24) is 9.88 Å². The number of benzene rings is 1. The van der Waals surface area contributed by atoms with Gasteiger partial charge in [-0.3, -0.25) is 0 Å². The molecule has 6 heteroatoms. The van der Waals surface area contributed by atoms with Crippen LogP contribution in [0.1, 0.15) is 27.2 Å². The van der Waals surface area contributed by atoms with E-state index in [-0.39, 0.29) is 12.1 Å². The van der Waals surface area contributed by atoms with Gasteiger partial charge in [-0.1, -0.05) is 12.1 Å². The van der Waals surface area contributed by atoms with Gasteiger partial charge in [-0.2, -0.15) is 0 Å². The molecule has 138 valence electrons. The van der Waals surface area contributed by atoms with Gasteiger partial charge in [0.25, 0.3) is 0 Å². The SMILES string of the molecule is CC(C)(C)OC(=O)N1CCC(Nc2cccc(-c3ccc(N)nc3)c2)C1. The number of ether oxygens (including phenoxy) is 1. The van der Waals surface area contributed by atoms with Gasteiger partial charge in [0.15, 0.2) is 0 Å². The van der Waals surface area contributed by atoms with Crippen molar-refractivity contribution in [2.45, 2.75) is 38.8 Å². The zero-order chi connectivity index (χ0) is 18.7. The summed E-state index contributed by atoms with van der Waals surface area (Å²) < 4.78 is 5.45. The summed E-state index contributed by atoms with van der Waals surface area (Å²) >= 11 is 0. The minimum Gasteiger partial charge on any atom is -0.444 e. The van der Waals surface area contributed by atoms with Crippen molar-refractivity contribution in [2.24, 2.45) is 0 Å². The van der Waals surface area contributed by atoms with E-state index in [1.54, 1.807) is 17.2 Å². The highest BCUT2D eigenvalue weighted by atomic mass is 16.6. The first kappa shape index (κ1) is 18.0. The number of nitrogens with two attached hydrogens (primary N) is 1. The van der Waals surface area contributed by atoms with E-state index in [0.717, 1.165) is 23.2 Å². The molecule has 0 radical (unpaired) electrons. The van der Waals surface area contributed by atoms with Crippen LogP contribution in [0.3, 0.4) is 0 Å². The van der Waals surface area contributed by atoms with Crippen LogP contribution in [0.5, 0.6) is 0 Å². The second-order valence-corrected chi connectivity index (χ2v) is 7.61. The number of anilines is 2. The molecule has 1 saturated heterocycles. The molecule has 1 amide bonds. The number of pyridine rings is 1. The molecule has 6 nitrogen and oxygen atoms in total. The van der Waals surface area contributed by atoms with Crippen LogP contribution in [0.2, 0.25) is 0 Å². The monoisotopic (exact) mass is 354 g/mol. The van der Waals surface area contributed by atoms with Crippen LogP contribution in [0, 0.1) is 0 Å². The Balaban J connectivity index is 1.62. The van der Waals surface area contributed by atoms with Crippen molar-refractivity contribution in [3.05, 3.63) is 42.6 Å². The molecule has 1 aliphatic rings. The molecule has 0 bridgehead atoms. The Kier molecular flexibility index (Phi) is 5.02. The van der Waals surface area contributed by atoms with Crippen LogP contribution in [0.15, 0.2) is 42.6 Å². The second kappa shape index (κ2) is 7.23. The number of hydrogen-bond donors (Lipinski definition) is 2. The van der Waals surface area contributed by atoms with Crippen LogP contribution < -0.4 is 11.1 Å². The largest absolute Gasteiger partial charge is 0.444 e. The van der Waals surface area contributed by atoms with Gasteiger partial charge in [0.05, 0.1) is 0 Å². The molecular formula is C20H26N4O2. The number of hydrogen-bond acceptors (Lipinski definition) is 5. The lowest BCUT2D eigenvalue weighted by atomic mass is 10.1. The predicted molar refractivity (Wildman–Crippen MR) is 104 cm³/mol. The number of nitrogen functional groups attached to an aromatic ring is 1. The molecule has 0 aliphatic carbocycles. The molecule has 2 heterocycles. The topological polar surface area (TPSA) is 80.5 Å². The molecule has 1 unspecified atom stereocenters. The van der Waals surface area contributed by atoms with E-state index in [4.69, 9.17) is 10.5 Å². The van der Waals surface area contributed by atoms with E-state index in [1.807, 2.05) is 45.0 Å². The zero-order valence-corrected chi connectivity index (χ0v) is 15.5. The number of carbonyl (C=O) groups excluding carboxylic acids is 1. The summed E-state index contributed by atoms with van der Waals surface area (Å²) in [5.74, 6) is 0.510. The van der Waals surface area contributed by atoms with Crippen molar-refractivity contribution in [3.8, 4) is 11.1 Å². The second-order valence-electron chi connectivity index (χ2n) is 7.61. The van der Waals surface area contributed by atoms with Crippen LogP contribution in [0.25, 0.3) is 11.1 Å². The van der Waals surface area contributed by atoms with E-state index < -0.39 is 5.60 Å². The minimum atomic E-state index is -0.468. The van der Waals surface area contributed by atoms with E-state index >= 15 is 0 Å². The Morgan fingerprint density at radius 3 is 2.77 bits per heavy atom. The van der Waals surface area contributed by atoms with Crippen LogP contribution in [0.4, 0.5) is 16.3 Å². The zero-order valence-electron chi connectivity index (χ0n) is 15.5. The normalized spacial score (nSPS) is 17.2. The third-order valence-electron chi connectivity index (χ3n) is 4.19. The Labute approximate surface area is 154 Å². The molecule has 1 aromatic heterocycles. The maximum atomic E-state index is 12.2. The Hall–Kier alpha value is -2.76. The third kappa shape index (κ3) is 4.65. The molecule has 1 aliphatic heterocycles. The summed E-state index contributed by atoms with van der Waals surface area (Å²) in [6.45, 7) is 6.99. The summed E-state index contributed by atoms with van der Waals surface area (Å²) in [5, 5.41) is 3.52. The standard InChI is InChI=1S/C20H26N4O2/c1-20(2,3)26-19(25)24-10-9-17(13-24)23-16-6-4-5-14(11-16)15-7-8-18(21)22-12-15/h4-8,11-12,17,23H,9-10,13H2,1-3H3,(H2,21,22). The number of amides is 1. The van der Waals surface area contributed by atoms with E-state index in [9.17, 15) is 4.79 Å². The summed E-state index contributed by atoms with van der Waals surface area (Å²) in [7, 11) is 0. The van der Waals surface area contributed by atoms with Gasteiger partial charge in [-0.15, -0.1) is 0 Å². The van der Waals surface area contributed by atoms with Crippen molar-refractivity contribution in [1.29, 1.82) is 0 Å². The van der Waals surface area contributed by atoms with Gasteiger partial charge < -0.3 is 20.7 Å². The molecule has 2 aromatic rings. The predicted octanol–water partition coefficient (Wildman–Crippen LogP) is 3.75. The summed E-state index contributed by atoms with van der Waals surface area (Å²) in [6.07, 6.45) is 2.42. The van der Waals surface area contributed by atoms with Crippen molar-refractivity contribution < 1.29 is 9.53 Å². The van der Waals surface area contributed by atoms with Gasteiger partial charge in [-0.05, 0) is 57.0 Å². The van der Waals surface area contributed by atoms with Crippen molar-refractivity contribution in [2.75, 3.05) is 24.1 Å². The summed E-state index contributed by atoms with van der Waals surface area (Å²) in [5.41, 5.74) is 8.30. The first-order valence-electron chi connectivity index (χ1n) is 8.86. The van der Waals surface area contributed by atoms with Crippen molar-refractivity contribution in [3.63, 3.8) is 0 Å². The Morgan fingerprint density at radius 1 is 1.27 bits per heavy atom. The fourth-order valence-electron chi connectivity index (χ4n) is 2.97. The maximum Gasteiger partial charge on any atom is 0.410 e. The smallest absolute Gasteiger partial charge is 0.410 e. The van der Waals surface area contributed by atoms with Crippen LogP contribution in [-0.2, 0) is 4.74 Å². The molecule has 1 fully saturated rings. The van der Waals surface area contributed by atoms with E-state index in [0.29, 0.717) is 18.9 Å². The lowest BCUT2D eigenvalue weighted by molar-refractivity contribution is 0.0293. The molecule has 3 rings (SSSR count). The Morgan fingerprint density at radius 2 is 2.08 bits per heavy atom. The molecule has 1 aromatic carbocycles. The Bertz CT molecular complexity index is 768. The fraction of sp³-hybridized carbons (Fsp3) is 0.400. The lowest BCUT2D eigenvalue weighted by Crippen LogP contribution is -2.36. The minimum absolute atomic E-state index is 0.210. The van der Waals surface area contributed by atoms with Gasteiger partial charge in [0.2, 0.25) is 0 Å². The molecule has 0 spiro atoms. The fourth-order valence-corrected chi connectivity index (χ4v) is 2.97. The highest BCUT2D eigenvalue weighted by Gasteiger charge is 2.29. The van der Waals surface area contributed by atoms with E-state index in [1.165, 1.54) is 0 Å². The van der Waals surface area contributed by atoms with Crippen molar-refractivity contribution >= 4 is 17.6 Å². The molecular weight excluding hydrogens is 328 g/mol. The first-order valence-corrected chi connectivity index (χ1v) is 8.86. The van der Waals surface area contributed by atoms with Crippen LogP contribution in [-0.4, -0.2) is 40.7 Å². The molecule has 3 N–H and O–H groups in total. The van der Waals surface area contributed by atoms with Gasteiger partial charge in [-0.25, -0.2) is 9.78 Å². The lowest BCUT2D eigenvalue weighted by Gasteiger charge is -2.24. The highest BCUT2D eigenvalue weighted by Crippen LogP contribution is 2.24. The van der Waals surface area contributed by atoms with Crippen LogP contribution >= 0.6 is 0 Å². The molecule has 1 atom stereocenters. The number of likely N-dealkylation sites (tertiary alicyclic amines) is 1. The number of nitrogens with one attached hydrogen (secondary N) is 1. The first-order chi connectivity index (χ1) is 12.3. The molecule has 26 heavy (non-hydrogen) atoms. The summed E-state index contributed by atoms with van der Waals surface area (Å²) in [6, 6.07) is 12.1. The number of aromatic nitrogens is 1. The summed E-state index contributed by atoms with van der Waals surface area (Å²) in [4.78, 5) is 18.1. The number of nitrogens with zero attached hydrogens (tertiary/aromatic N) is 2. The third-order valence-corrected chi connectivity index (χ3v) is 4.19. The van der Waals surface area contributed by atoms with Gasteiger partial charge in [0, 0.05) is 36.6 Å². The highest BCUT2D eigenvalue weighted by molar-refractivity contribution is 5.70. The maximum absolute atomic E-state index is 12.2. The van der Waals surface area contributed by atoms with E-state index in [2.05, 4.69) is 16.4 Å². The van der Waals surface area contributed by atoms with Gasteiger partial charge >= 0.3 is 6.09 Å².